The van der Waals surface area contributed by atoms with Crippen LogP contribution in [0.4, 0.5) is 0 Å². The van der Waals surface area contributed by atoms with Crippen LogP contribution in [-0.4, -0.2) is 37.0 Å². The van der Waals surface area contributed by atoms with Crippen LogP contribution in [0, 0.1) is 0 Å². The van der Waals surface area contributed by atoms with E-state index in [1.54, 1.807) is 0 Å². The molecule has 1 fully saturated rings. The summed E-state index contributed by atoms with van der Waals surface area (Å²) >= 11 is 0. The summed E-state index contributed by atoms with van der Waals surface area (Å²) in [5, 5.41) is 0. The van der Waals surface area contributed by atoms with Gasteiger partial charge in [0, 0.05) is 19.6 Å². The Bertz CT molecular complexity index is 848. The van der Waals surface area contributed by atoms with Crippen LogP contribution in [-0.2, 0) is 17.8 Å². The molecule has 0 saturated carbocycles. The summed E-state index contributed by atoms with van der Waals surface area (Å²) in [6, 6.07) is 16.6. The number of benzene rings is 2. The van der Waals surface area contributed by atoms with E-state index in [1.807, 2.05) is 54.0 Å². The van der Waals surface area contributed by atoms with Crippen molar-refractivity contribution in [1.29, 1.82) is 0 Å². The maximum absolute atomic E-state index is 12.7. The van der Waals surface area contributed by atoms with Gasteiger partial charge in [-0.1, -0.05) is 60.3 Å². The second-order valence-corrected chi connectivity index (χ2v) is 12.2. The van der Waals surface area contributed by atoms with Gasteiger partial charge >= 0.3 is 0 Å². The lowest BCUT2D eigenvalue weighted by Crippen LogP contribution is -2.38. The van der Waals surface area contributed by atoms with Crippen LogP contribution in [0.3, 0.4) is 0 Å². The van der Waals surface area contributed by atoms with Gasteiger partial charge in [0.1, 0.15) is 0 Å². The highest BCUT2D eigenvalue weighted by atomic mass is 28.4. The van der Waals surface area contributed by atoms with Gasteiger partial charge in [0.15, 0.2) is 0 Å². The molecule has 0 radical (unpaired) electrons. The van der Waals surface area contributed by atoms with Crippen LogP contribution in [0.2, 0.25) is 13.1 Å². The molecule has 2 aromatic rings. The molecule has 0 aromatic heterocycles. The average Bonchev–Trinajstić information content (AvgIpc) is 2.73. The van der Waals surface area contributed by atoms with Gasteiger partial charge in [0.2, 0.25) is 14.2 Å². The summed E-state index contributed by atoms with van der Waals surface area (Å²) in [6.45, 7) is 5.96. The Kier molecular flexibility index (Phi) is 7.06. The number of amides is 1. The molecule has 1 aliphatic rings. The van der Waals surface area contributed by atoms with Crippen molar-refractivity contribution in [3.63, 3.8) is 0 Å². The highest BCUT2D eigenvalue weighted by Gasteiger charge is 2.24. The van der Waals surface area contributed by atoms with Crippen LogP contribution in [0.5, 0.6) is 0 Å². The molecule has 1 amide bonds. The van der Waals surface area contributed by atoms with Gasteiger partial charge in [-0.15, -0.1) is 0 Å². The van der Waals surface area contributed by atoms with E-state index in [-0.39, 0.29) is 5.91 Å². The zero-order valence-corrected chi connectivity index (χ0v) is 18.5. The van der Waals surface area contributed by atoms with Gasteiger partial charge < -0.3 is 15.4 Å². The number of carbonyl (C=O) groups excluding carboxylic acids is 1. The molecule has 3 N–H and O–H groups in total. The first-order valence-corrected chi connectivity index (χ1v) is 13.4. The molecule has 0 aliphatic carbocycles. The van der Waals surface area contributed by atoms with Gasteiger partial charge in [0.05, 0.1) is 6.42 Å². The second kappa shape index (κ2) is 9.52. The molecule has 2 aromatic carbocycles. The molecule has 3 rings (SSSR count). The molecule has 1 heterocycles. The van der Waals surface area contributed by atoms with Crippen LogP contribution < -0.4 is 5.73 Å². The third-order valence-corrected chi connectivity index (χ3v) is 6.51. The van der Waals surface area contributed by atoms with Crippen molar-refractivity contribution in [2.45, 2.75) is 44.8 Å². The summed E-state index contributed by atoms with van der Waals surface area (Å²) < 4.78 is 0. The number of carbonyl (C=O) groups is 1. The minimum absolute atomic E-state index is 0.200. The number of hydrogen-bond donors (Lipinski definition) is 2. The van der Waals surface area contributed by atoms with E-state index in [2.05, 4.69) is 24.3 Å². The lowest BCUT2D eigenvalue weighted by atomic mass is 9.88. The summed E-state index contributed by atoms with van der Waals surface area (Å²) in [5.41, 5.74) is 12.3. The molecule has 4 nitrogen and oxygen atoms in total. The van der Waals surface area contributed by atoms with Gasteiger partial charge in [0.25, 0.3) is 0 Å². The first-order chi connectivity index (χ1) is 13.8. The number of likely N-dealkylation sites (tertiary alicyclic amines) is 1. The van der Waals surface area contributed by atoms with Gasteiger partial charge in [-0.25, -0.2) is 0 Å². The van der Waals surface area contributed by atoms with Crippen molar-refractivity contribution >= 4 is 20.3 Å². The van der Waals surface area contributed by atoms with Crippen LogP contribution in [0.15, 0.2) is 54.2 Å². The Morgan fingerprint density at radius 2 is 1.83 bits per heavy atom. The summed E-state index contributed by atoms with van der Waals surface area (Å²) in [4.78, 5) is 24.6. The number of nitrogens with zero attached hydrogens (tertiary/aromatic N) is 1. The maximum atomic E-state index is 12.7. The topological polar surface area (TPSA) is 66.6 Å². The quantitative estimate of drug-likeness (QED) is 0.714. The van der Waals surface area contributed by atoms with Crippen molar-refractivity contribution in [2.24, 2.45) is 5.73 Å². The predicted octanol–water partition coefficient (Wildman–Crippen LogP) is 3.84. The van der Waals surface area contributed by atoms with Crippen LogP contribution in [0.1, 0.15) is 41.0 Å². The van der Waals surface area contributed by atoms with Crippen molar-refractivity contribution in [2.75, 3.05) is 13.1 Å². The van der Waals surface area contributed by atoms with E-state index in [0.29, 0.717) is 18.9 Å². The highest BCUT2D eigenvalue weighted by Crippen LogP contribution is 2.28. The standard InChI is InChI=1S/C24H32N2O2Si/c1-29(2,28)15-12-19-6-8-20(9-7-19)17-24(27)26-13-10-22(11-14-26)23-5-3-4-21(16-23)18-25/h3-9,12,15-16,22,28H,10-11,13-14,17-18,25H2,1-2H3/b15-12+. The molecule has 154 valence electrons. The van der Waals surface area contributed by atoms with E-state index in [4.69, 9.17) is 5.73 Å². The Hall–Kier alpha value is -2.21. The maximum Gasteiger partial charge on any atom is 0.226 e. The van der Waals surface area contributed by atoms with E-state index >= 15 is 0 Å². The molecular formula is C24H32N2O2Si. The fourth-order valence-electron chi connectivity index (χ4n) is 3.77. The highest BCUT2D eigenvalue weighted by molar-refractivity contribution is 6.75. The summed E-state index contributed by atoms with van der Waals surface area (Å²) in [5.74, 6) is 0.710. The third-order valence-electron chi connectivity index (χ3n) is 5.52. The zero-order valence-electron chi connectivity index (χ0n) is 17.5. The molecule has 29 heavy (non-hydrogen) atoms. The van der Waals surface area contributed by atoms with Gasteiger partial charge in [-0.05, 0) is 54.1 Å². The Labute approximate surface area is 175 Å². The molecule has 0 unspecified atom stereocenters. The predicted molar refractivity (Wildman–Crippen MR) is 122 cm³/mol. The molecule has 1 aliphatic heterocycles. The normalized spacial score (nSPS) is 15.8. The minimum Gasteiger partial charge on any atom is -0.428 e. The molecule has 0 spiro atoms. The van der Waals surface area contributed by atoms with E-state index in [0.717, 1.165) is 37.1 Å². The largest absolute Gasteiger partial charge is 0.428 e. The first-order valence-electron chi connectivity index (χ1n) is 10.4. The van der Waals surface area contributed by atoms with Crippen molar-refractivity contribution < 1.29 is 9.59 Å². The molecule has 5 heteroatoms. The van der Waals surface area contributed by atoms with Gasteiger partial charge in [-0.2, -0.15) is 0 Å². The lowest BCUT2D eigenvalue weighted by Gasteiger charge is -2.32. The molecule has 0 atom stereocenters. The number of hydrogen-bond acceptors (Lipinski definition) is 3. The van der Waals surface area contributed by atoms with E-state index in [9.17, 15) is 9.59 Å². The van der Waals surface area contributed by atoms with Crippen LogP contribution >= 0.6 is 0 Å². The SMILES string of the molecule is C[Si](C)(O)/C=C/c1ccc(CC(=O)N2CCC(c3cccc(CN)c3)CC2)cc1. The number of rotatable bonds is 6. The fraction of sp³-hybridized carbons (Fsp3) is 0.375. The summed E-state index contributed by atoms with van der Waals surface area (Å²) in [6.07, 6.45) is 4.41. The first kappa shape index (κ1) is 21.5. The average molecular weight is 409 g/mol. The van der Waals surface area contributed by atoms with E-state index in [1.165, 1.54) is 11.1 Å². The number of piperidine rings is 1. The third kappa shape index (κ3) is 6.39. The molecule has 1 saturated heterocycles. The number of nitrogens with two attached hydrogens (primary N) is 1. The monoisotopic (exact) mass is 408 g/mol. The van der Waals surface area contributed by atoms with Crippen LogP contribution in [0.25, 0.3) is 6.08 Å². The Morgan fingerprint density at radius 1 is 1.14 bits per heavy atom. The Balaban J connectivity index is 1.52. The molecule has 0 bridgehead atoms. The smallest absolute Gasteiger partial charge is 0.226 e. The minimum atomic E-state index is -2.19. The van der Waals surface area contributed by atoms with Crippen molar-refractivity contribution in [1.82, 2.24) is 4.90 Å². The van der Waals surface area contributed by atoms with Gasteiger partial charge in [-0.3, -0.25) is 4.79 Å². The summed E-state index contributed by atoms with van der Waals surface area (Å²) in [7, 11) is -2.19. The lowest BCUT2D eigenvalue weighted by molar-refractivity contribution is -0.131. The fourth-order valence-corrected chi connectivity index (χ4v) is 4.37. The van der Waals surface area contributed by atoms with Crippen molar-refractivity contribution in [3.05, 3.63) is 76.5 Å². The second-order valence-electron chi connectivity index (χ2n) is 8.51. The zero-order chi connectivity index (χ0) is 20.9. The van der Waals surface area contributed by atoms with E-state index < -0.39 is 8.32 Å². The Morgan fingerprint density at radius 3 is 2.45 bits per heavy atom. The van der Waals surface area contributed by atoms with Crippen molar-refractivity contribution in [3.8, 4) is 0 Å². The molecular weight excluding hydrogens is 376 g/mol.